The quantitative estimate of drug-likeness (QED) is 0.836. The lowest BCUT2D eigenvalue weighted by molar-refractivity contribution is -0.138. The van der Waals surface area contributed by atoms with Crippen molar-refractivity contribution in [2.75, 3.05) is 20.1 Å². The Bertz CT molecular complexity index is 286. The van der Waals surface area contributed by atoms with Crippen molar-refractivity contribution in [3.05, 3.63) is 0 Å². The van der Waals surface area contributed by atoms with E-state index in [4.69, 9.17) is 5.11 Å². The highest BCUT2D eigenvalue weighted by Gasteiger charge is 2.33. The Labute approximate surface area is 111 Å². The number of carboxylic acids is 1. The van der Waals surface area contributed by atoms with Crippen molar-refractivity contribution in [2.24, 2.45) is 0 Å². The Morgan fingerprint density at radius 2 is 2.06 bits per heavy atom. The standard InChI is InChI=1S/C14H28N2O2/c1-11-10-12(6-8-15(11)5)16(14(2,3)4)9-7-13(17)18/h11-12H,6-10H2,1-5H3,(H,17,18). The van der Waals surface area contributed by atoms with E-state index in [9.17, 15) is 4.79 Å². The van der Waals surface area contributed by atoms with Crippen LogP contribution >= 0.6 is 0 Å². The number of piperidine rings is 1. The highest BCUT2D eigenvalue weighted by Crippen LogP contribution is 2.26. The van der Waals surface area contributed by atoms with Crippen molar-refractivity contribution in [1.29, 1.82) is 0 Å². The normalized spacial score (nSPS) is 26.6. The number of hydrogen-bond acceptors (Lipinski definition) is 3. The maximum absolute atomic E-state index is 10.8. The topological polar surface area (TPSA) is 43.8 Å². The molecular weight excluding hydrogens is 228 g/mol. The summed E-state index contributed by atoms with van der Waals surface area (Å²) in [7, 11) is 2.17. The molecule has 1 N–H and O–H groups in total. The first kappa shape index (κ1) is 15.4. The van der Waals surface area contributed by atoms with Gasteiger partial charge in [-0.05, 0) is 54.1 Å². The lowest BCUT2D eigenvalue weighted by Gasteiger charge is -2.46. The lowest BCUT2D eigenvalue weighted by atomic mass is 9.92. The van der Waals surface area contributed by atoms with Gasteiger partial charge in [0.2, 0.25) is 0 Å². The van der Waals surface area contributed by atoms with Crippen LogP contribution in [0.5, 0.6) is 0 Å². The third-order valence-corrected chi connectivity index (χ3v) is 4.05. The summed E-state index contributed by atoms with van der Waals surface area (Å²) in [4.78, 5) is 15.6. The van der Waals surface area contributed by atoms with Crippen molar-refractivity contribution in [2.45, 2.75) is 64.6 Å². The SMILES string of the molecule is CC1CC(N(CCC(=O)O)C(C)(C)C)CCN1C. The van der Waals surface area contributed by atoms with Crippen molar-refractivity contribution in [3.63, 3.8) is 0 Å². The van der Waals surface area contributed by atoms with Gasteiger partial charge in [-0.3, -0.25) is 9.69 Å². The molecule has 4 heteroatoms. The molecule has 0 spiro atoms. The number of nitrogens with zero attached hydrogens (tertiary/aromatic N) is 2. The van der Waals surface area contributed by atoms with Gasteiger partial charge in [0.15, 0.2) is 0 Å². The predicted octanol–water partition coefficient (Wildman–Crippen LogP) is 2.04. The van der Waals surface area contributed by atoms with Crippen molar-refractivity contribution < 1.29 is 9.90 Å². The second-order valence-corrected chi connectivity index (χ2v) is 6.52. The van der Waals surface area contributed by atoms with E-state index in [1.807, 2.05) is 0 Å². The fraction of sp³-hybridized carbons (Fsp3) is 0.929. The minimum Gasteiger partial charge on any atom is -0.481 e. The molecule has 0 radical (unpaired) electrons. The number of carbonyl (C=O) groups is 1. The highest BCUT2D eigenvalue weighted by atomic mass is 16.4. The van der Waals surface area contributed by atoms with Gasteiger partial charge in [-0.15, -0.1) is 0 Å². The molecule has 0 aromatic heterocycles. The first-order valence-corrected chi connectivity index (χ1v) is 6.90. The van der Waals surface area contributed by atoms with Gasteiger partial charge >= 0.3 is 5.97 Å². The van der Waals surface area contributed by atoms with Crippen molar-refractivity contribution in [3.8, 4) is 0 Å². The number of likely N-dealkylation sites (tertiary alicyclic amines) is 1. The summed E-state index contributed by atoms with van der Waals surface area (Å²) in [5.74, 6) is -0.703. The molecule has 1 fully saturated rings. The molecule has 0 bridgehead atoms. The molecule has 0 aliphatic carbocycles. The van der Waals surface area contributed by atoms with Gasteiger partial charge in [-0.25, -0.2) is 0 Å². The molecule has 1 saturated heterocycles. The predicted molar refractivity (Wildman–Crippen MR) is 73.8 cm³/mol. The second kappa shape index (κ2) is 6.02. The molecule has 4 nitrogen and oxygen atoms in total. The van der Waals surface area contributed by atoms with Gasteiger partial charge in [0.25, 0.3) is 0 Å². The minimum absolute atomic E-state index is 0.0374. The molecule has 0 aromatic carbocycles. The average Bonchev–Trinajstić information content (AvgIpc) is 2.21. The van der Waals surface area contributed by atoms with E-state index in [0.29, 0.717) is 18.6 Å². The Morgan fingerprint density at radius 3 is 2.50 bits per heavy atom. The minimum atomic E-state index is -0.703. The van der Waals surface area contributed by atoms with Crippen LogP contribution in [0.2, 0.25) is 0 Å². The zero-order valence-electron chi connectivity index (χ0n) is 12.4. The van der Waals surface area contributed by atoms with Gasteiger partial charge in [-0.2, -0.15) is 0 Å². The van der Waals surface area contributed by atoms with Crippen LogP contribution in [-0.2, 0) is 4.79 Å². The molecular formula is C14H28N2O2. The van der Waals surface area contributed by atoms with Crippen LogP contribution in [0.4, 0.5) is 0 Å². The number of hydrogen-bond donors (Lipinski definition) is 1. The highest BCUT2D eigenvalue weighted by molar-refractivity contribution is 5.66. The van der Waals surface area contributed by atoms with Crippen molar-refractivity contribution >= 4 is 5.97 Å². The van der Waals surface area contributed by atoms with E-state index >= 15 is 0 Å². The number of aliphatic carboxylic acids is 1. The molecule has 2 atom stereocenters. The largest absolute Gasteiger partial charge is 0.481 e. The maximum atomic E-state index is 10.8. The summed E-state index contributed by atoms with van der Waals surface area (Å²) in [6.45, 7) is 10.5. The molecule has 0 aromatic rings. The van der Waals surface area contributed by atoms with Gasteiger partial charge in [0.1, 0.15) is 0 Å². The van der Waals surface area contributed by atoms with Crippen LogP contribution in [0.25, 0.3) is 0 Å². The summed E-state index contributed by atoms with van der Waals surface area (Å²) in [6.07, 6.45) is 2.50. The maximum Gasteiger partial charge on any atom is 0.304 e. The molecule has 1 aliphatic heterocycles. The van der Waals surface area contributed by atoms with E-state index in [1.165, 1.54) is 0 Å². The van der Waals surface area contributed by atoms with Gasteiger partial charge in [0.05, 0.1) is 6.42 Å². The molecule has 18 heavy (non-hydrogen) atoms. The van der Waals surface area contributed by atoms with E-state index in [0.717, 1.165) is 19.4 Å². The van der Waals surface area contributed by atoms with Gasteiger partial charge < -0.3 is 10.0 Å². The smallest absolute Gasteiger partial charge is 0.304 e. The summed E-state index contributed by atoms with van der Waals surface area (Å²) in [6, 6.07) is 1.09. The van der Waals surface area contributed by atoms with Gasteiger partial charge in [0, 0.05) is 24.2 Å². The first-order valence-electron chi connectivity index (χ1n) is 6.90. The summed E-state index contributed by atoms with van der Waals surface area (Å²) in [5, 5.41) is 8.89. The number of carboxylic acid groups (broad SMARTS) is 1. The van der Waals surface area contributed by atoms with E-state index in [2.05, 4.69) is 44.5 Å². The van der Waals surface area contributed by atoms with E-state index < -0.39 is 5.97 Å². The van der Waals surface area contributed by atoms with Crippen LogP contribution in [0.3, 0.4) is 0 Å². The Kier molecular flexibility index (Phi) is 5.17. The molecule has 106 valence electrons. The fourth-order valence-corrected chi connectivity index (χ4v) is 2.83. The Balaban J connectivity index is 2.68. The zero-order valence-corrected chi connectivity index (χ0v) is 12.4. The third kappa shape index (κ3) is 4.25. The Morgan fingerprint density at radius 1 is 1.44 bits per heavy atom. The third-order valence-electron chi connectivity index (χ3n) is 4.05. The second-order valence-electron chi connectivity index (χ2n) is 6.52. The molecule has 1 heterocycles. The average molecular weight is 256 g/mol. The van der Waals surface area contributed by atoms with Crippen LogP contribution in [0.15, 0.2) is 0 Å². The lowest BCUT2D eigenvalue weighted by Crippen LogP contribution is -2.54. The monoisotopic (exact) mass is 256 g/mol. The first-order chi connectivity index (χ1) is 8.21. The summed E-state index contributed by atoms with van der Waals surface area (Å²) in [5.41, 5.74) is 0.0374. The van der Waals surface area contributed by atoms with E-state index in [-0.39, 0.29) is 12.0 Å². The van der Waals surface area contributed by atoms with Crippen LogP contribution < -0.4 is 0 Å². The molecule has 0 saturated carbocycles. The summed E-state index contributed by atoms with van der Waals surface area (Å²) >= 11 is 0. The van der Waals surface area contributed by atoms with Crippen LogP contribution in [0, 0.1) is 0 Å². The van der Waals surface area contributed by atoms with Crippen LogP contribution in [-0.4, -0.2) is 58.6 Å². The molecule has 0 amide bonds. The zero-order chi connectivity index (χ0) is 13.9. The van der Waals surface area contributed by atoms with Crippen LogP contribution in [0.1, 0.15) is 47.0 Å². The van der Waals surface area contributed by atoms with Crippen molar-refractivity contribution in [1.82, 2.24) is 9.80 Å². The molecule has 1 aliphatic rings. The molecule has 2 unspecified atom stereocenters. The fourth-order valence-electron chi connectivity index (χ4n) is 2.83. The Hall–Kier alpha value is -0.610. The molecule has 1 rings (SSSR count). The van der Waals surface area contributed by atoms with Gasteiger partial charge in [-0.1, -0.05) is 0 Å². The summed E-state index contributed by atoms with van der Waals surface area (Å²) < 4.78 is 0. The van der Waals surface area contributed by atoms with E-state index in [1.54, 1.807) is 0 Å². The number of rotatable bonds is 4.